The minimum absolute atomic E-state index is 0.160. The number of hydrazine groups is 1. The van der Waals surface area contributed by atoms with Crippen molar-refractivity contribution in [3.63, 3.8) is 0 Å². The molecule has 0 aromatic rings. The van der Waals surface area contributed by atoms with Crippen molar-refractivity contribution >= 4 is 0 Å². The average Bonchev–Trinajstić information content (AvgIpc) is 1.67. The Kier molecular flexibility index (Phi) is 2.88. The molecule has 0 bridgehead atoms. The average molecular weight is 116 g/mol. The van der Waals surface area contributed by atoms with Crippen molar-refractivity contribution in [3.8, 4) is 0 Å². The van der Waals surface area contributed by atoms with E-state index in [1.54, 1.807) is 7.05 Å². The van der Waals surface area contributed by atoms with Gasteiger partial charge in [-0.2, -0.15) is 0 Å². The molecule has 0 aromatic carbocycles. The van der Waals surface area contributed by atoms with Gasteiger partial charge in [-0.3, -0.25) is 0 Å². The summed E-state index contributed by atoms with van der Waals surface area (Å²) in [7, 11) is 1.62. The zero-order chi connectivity index (χ0) is 6.57. The van der Waals surface area contributed by atoms with Crippen LogP contribution in [0.25, 0.3) is 0 Å². The van der Waals surface area contributed by atoms with E-state index in [0.29, 0.717) is 0 Å². The second-order valence-electron chi connectivity index (χ2n) is 1.26. The molecule has 3 heteroatoms. The quantitative estimate of drug-likeness (QED) is 0.419. The van der Waals surface area contributed by atoms with E-state index in [0.717, 1.165) is 0 Å². The first-order valence-electron chi connectivity index (χ1n) is 2.15. The van der Waals surface area contributed by atoms with Crippen LogP contribution in [0.1, 0.15) is 0 Å². The van der Waals surface area contributed by atoms with Gasteiger partial charge in [-0.25, -0.2) is 9.82 Å². The molecule has 0 spiro atoms. The first-order chi connectivity index (χ1) is 3.68. The lowest BCUT2D eigenvalue weighted by molar-refractivity contribution is 0.597. The number of hydrogen-bond acceptors (Lipinski definition) is 2. The van der Waals surface area contributed by atoms with E-state index >= 15 is 0 Å². The molecule has 2 N–H and O–H groups in total. The molecule has 0 rings (SSSR count). The van der Waals surface area contributed by atoms with Crippen molar-refractivity contribution in [1.82, 2.24) is 10.9 Å². The van der Waals surface area contributed by atoms with Crippen molar-refractivity contribution in [2.45, 2.75) is 0 Å². The van der Waals surface area contributed by atoms with Crippen LogP contribution in [0.5, 0.6) is 0 Å². The van der Waals surface area contributed by atoms with Gasteiger partial charge in [0.05, 0.1) is 5.70 Å². The fourth-order valence-corrected chi connectivity index (χ4v) is 0.219. The maximum Gasteiger partial charge on any atom is 0.139 e. The van der Waals surface area contributed by atoms with E-state index < -0.39 is 5.83 Å². The van der Waals surface area contributed by atoms with Gasteiger partial charge in [0.2, 0.25) is 0 Å². The van der Waals surface area contributed by atoms with E-state index in [2.05, 4.69) is 24.0 Å². The van der Waals surface area contributed by atoms with Crippen LogP contribution in [0, 0.1) is 0 Å². The van der Waals surface area contributed by atoms with Crippen molar-refractivity contribution in [2.75, 3.05) is 7.05 Å². The van der Waals surface area contributed by atoms with E-state index in [1.807, 2.05) is 0 Å². The molecule has 0 fully saturated rings. The summed E-state index contributed by atoms with van der Waals surface area (Å²) < 4.78 is 11.9. The highest BCUT2D eigenvalue weighted by molar-refractivity contribution is 5.14. The monoisotopic (exact) mass is 116 g/mol. The third-order valence-electron chi connectivity index (χ3n) is 0.603. The number of hydrogen-bond donors (Lipinski definition) is 2. The number of rotatable bonds is 3. The Morgan fingerprint density at radius 2 is 2.00 bits per heavy atom. The first-order valence-corrected chi connectivity index (χ1v) is 2.15. The van der Waals surface area contributed by atoms with Crippen LogP contribution in [0.3, 0.4) is 0 Å². The van der Waals surface area contributed by atoms with Crippen LogP contribution in [-0.2, 0) is 0 Å². The summed E-state index contributed by atoms with van der Waals surface area (Å²) in [6.45, 7) is 6.30. The molecule has 0 saturated carbocycles. The standard InChI is InChI=1S/C5H9FN2/c1-4(6)5(2)8-7-3/h7-8H,1-2H2,3H3. The molecule has 0 aliphatic carbocycles. The van der Waals surface area contributed by atoms with Gasteiger partial charge in [0.15, 0.2) is 0 Å². The fourth-order valence-electron chi connectivity index (χ4n) is 0.219. The fraction of sp³-hybridized carbons (Fsp3) is 0.200. The number of nitrogens with one attached hydrogen (secondary N) is 2. The second-order valence-corrected chi connectivity index (χ2v) is 1.26. The lowest BCUT2D eigenvalue weighted by atomic mass is 10.5. The van der Waals surface area contributed by atoms with Crippen molar-refractivity contribution < 1.29 is 4.39 Å². The van der Waals surface area contributed by atoms with Gasteiger partial charge in [0.1, 0.15) is 5.83 Å². The minimum atomic E-state index is -0.556. The molecule has 0 radical (unpaired) electrons. The van der Waals surface area contributed by atoms with Gasteiger partial charge in [0.25, 0.3) is 0 Å². The Balaban J connectivity index is 3.49. The number of allylic oxidation sites excluding steroid dienone is 1. The molecule has 0 aliphatic heterocycles. The van der Waals surface area contributed by atoms with Crippen LogP contribution in [-0.4, -0.2) is 7.05 Å². The summed E-state index contributed by atoms with van der Waals surface area (Å²) in [4.78, 5) is 0. The van der Waals surface area contributed by atoms with Crippen molar-refractivity contribution in [2.24, 2.45) is 0 Å². The molecule has 0 saturated heterocycles. The SMILES string of the molecule is C=C(F)C(=C)NNC. The van der Waals surface area contributed by atoms with Gasteiger partial charge in [-0.1, -0.05) is 13.2 Å². The largest absolute Gasteiger partial charge is 0.320 e. The summed E-state index contributed by atoms with van der Waals surface area (Å²) >= 11 is 0. The minimum Gasteiger partial charge on any atom is -0.320 e. The third-order valence-corrected chi connectivity index (χ3v) is 0.603. The maximum atomic E-state index is 11.9. The van der Waals surface area contributed by atoms with Gasteiger partial charge >= 0.3 is 0 Å². The smallest absolute Gasteiger partial charge is 0.139 e. The van der Waals surface area contributed by atoms with Crippen LogP contribution < -0.4 is 10.9 Å². The first kappa shape index (κ1) is 7.17. The van der Waals surface area contributed by atoms with E-state index in [1.165, 1.54) is 0 Å². The zero-order valence-electron chi connectivity index (χ0n) is 4.79. The molecule has 46 valence electrons. The molecular weight excluding hydrogens is 107 g/mol. The van der Waals surface area contributed by atoms with E-state index in [4.69, 9.17) is 0 Å². The highest BCUT2D eigenvalue weighted by atomic mass is 19.1. The van der Waals surface area contributed by atoms with Gasteiger partial charge in [0, 0.05) is 7.05 Å². The van der Waals surface area contributed by atoms with Crippen LogP contribution >= 0.6 is 0 Å². The van der Waals surface area contributed by atoms with Crippen molar-refractivity contribution in [3.05, 3.63) is 24.7 Å². The lowest BCUT2D eigenvalue weighted by Crippen LogP contribution is -2.26. The van der Waals surface area contributed by atoms with Gasteiger partial charge in [-0.15, -0.1) is 0 Å². The highest BCUT2D eigenvalue weighted by Crippen LogP contribution is 1.98. The molecule has 2 nitrogen and oxygen atoms in total. The normalized spacial score (nSPS) is 8.25. The molecule has 0 amide bonds. The molecule has 0 atom stereocenters. The Morgan fingerprint density at radius 1 is 1.50 bits per heavy atom. The van der Waals surface area contributed by atoms with Crippen LogP contribution in [0.15, 0.2) is 24.7 Å². The van der Waals surface area contributed by atoms with Crippen LogP contribution in [0.2, 0.25) is 0 Å². The topological polar surface area (TPSA) is 24.1 Å². The Bertz CT molecular complexity index is 109. The summed E-state index contributed by atoms with van der Waals surface area (Å²) in [5, 5.41) is 0. The van der Waals surface area contributed by atoms with Crippen LogP contribution in [0.4, 0.5) is 4.39 Å². The van der Waals surface area contributed by atoms with Crippen molar-refractivity contribution in [1.29, 1.82) is 0 Å². The maximum absolute atomic E-state index is 11.9. The van der Waals surface area contributed by atoms with E-state index in [9.17, 15) is 4.39 Å². The number of halogens is 1. The summed E-state index contributed by atoms with van der Waals surface area (Å²) in [5.41, 5.74) is 5.08. The zero-order valence-corrected chi connectivity index (χ0v) is 4.79. The Morgan fingerprint density at radius 3 is 2.12 bits per heavy atom. The summed E-state index contributed by atoms with van der Waals surface area (Å²) in [6.07, 6.45) is 0. The molecular formula is C5H9FN2. The van der Waals surface area contributed by atoms with E-state index in [-0.39, 0.29) is 5.70 Å². The predicted molar refractivity (Wildman–Crippen MR) is 31.6 cm³/mol. The van der Waals surface area contributed by atoms with Gasteiger partial charge < -0.3 is 5.43 Å². The Hall–Kier alpha value is -0.830. The molecule has 0 heterocycles. The molecule has 8 heavy (non-hydrogen) atoms. The lowest BCUT2D eigenvalue weighted by Gasteiger charge is -2.01. The molecule has 0 aromatic heterocycles. The second kappa shape index (κ2) is 3.21. The molecule has 0 unspecified atom stereocenters. The Labute approximate surface area is 48.1 Å². The highest BCUT2D eigenvalue weighted by Gasteiger charge is 1.91. The summed E-state index contributed by atoms with van der Waals surface area (Å²) in [6, 6.07) is 0. The predicted octanol–water partition coefficient (Wildman–Crippen LogP) is 0.707. The molecule has 0 aliphatic rings. The summed E-state index contributed by atoms with van der Waals surface area (Å²) in [5.74, 6) is -0.556. The van der Waals surface area contributed by atoms with Gasteiger partial charge in [-0.05, 0) is 0 Å². The third kappa shape index (κ3) is 2.36.